The molecule has 2 rings (SSSR count). The molecule has 0 bridgehead atoms. The Kier molecular flexibility index (Phi) is 8.11. The summed E-state index contributed by atoms with van der Waals surface area (Å²) >= 11 is 0. The van der Waals surface area contributed by atoms with Gasteiger partial charge >= 0.3 is 0 Å². The first-order chi connectivity index (χ1) is 12.5. The topological polar surface area (TPSA) is 54.4 Å². The van der Waals surface area contributed by atoms with E-state index in [9.17, 15) is 13.0 Å². The minimum atomic E-state index is -4.18. The molecule has 0 heterocycles. The molecule has 2 aromatic carbocycles. The number of hydrogen-bond donors (Lipinski definition) is 1. The molecule has 3 nitrogen and oxygen atoms in total. The summed E-state index contributed by atoms with van der Waals surface area (Å²) in [4.78, 5) is -0.0112. The third-order valence-electron chi connectivity index (χ3n) is 5.08. The van der Waals surface area contributed by atoms with Crippen molar-refractivity contribution in [1.82, 2.24) is 0 Å². The average molecular weight is 377 g/mol. The number of hydrogen-bond acceptors (Lipinski definition) is 2. The van der Waals surface area contributed by atoms with Gasteiger partial charge in [0.05, 0.1) is 4.90 Å². The Bertz CT molecular complexity index is 809. The van der Waals surface area contributed by atoms with E-state index in [1.165, 1.54) is 62.1 Å². The van der Waals surface area contributed by atoms with Gasteiger partial charge in [-0.1, -0.05) is 70.6 Å². The Balaban J connectivity index is 2.37. The largest absolute Gasteiger partial charge is 0.294 e. The molecule has 0 saturated heterocycles. The second-order valence-corrected chi connectivity index (χ2v) is 8.60. The molecule has 0 amide bonds. The van der Waals surface area contributed by atoms with Crippen LogP contribution in [0.2, 0.25) is 0 Å². The van der Waals surface area contributed by atoms with E-state index in [2.05, 4.69) is 26.0 Å². The van der Waals surface area contributed by atoms with Gasteiger partial charge in [-0.25, -0.2) is 0 Å². The van der Waals surface area contributed by atoms with Crippen LogP contribution in [0.25, 0.3) is 10.8 Å². The van der Waals surface area contributed by atoms with E-state index in [-0.39, 0.29) is 4.90 Å². The Morgan fingerprint density at radius 2 is 1.42 bits per heavy atom. The van der Waals surface area contributed by atoms with Gasteiger partial charge in [-0.05, 0) is 59.7 Å². The lowest BCUT2D eigenvalue weighted by Gasteiger charge is -2.14. The van der Waals surface area contributed by atoms with Gasteiger partial charge in [0.15, 0.2) is 0 Å². The highest BCUT2D eigenvalue weighted by Crippen LogP contribution is 2.28. The van der Waals surface area contributed by atoms with Crippen molar-refractivity contribution in [2.75, 3.05) is 0 Å². The third kappa shape index (κ3) is 5.82. The number of aryl methyl sites for hydroxylation is 2. The van der Waals surface area contributed by atoms with Crippen LogP contribution in [0.3, 0.4) is 0 Å². The standard InChI is InChI=1S/C22H32O3S/c1-3-5-7-9-11-18-13-14-19-15-16-20(26(23,24)25)17-22(19)21(18)12-10-8-6-4-2/h13-17H,3-12H2,1-2H3,(H,23,24,25). The van der Waals surface area contributed by atoms with Crippen molar-refractivity contribution in [3.8, 4) is 0 Å². The molecule has 0 spiro atoms. The maximum absolute atomic E-state index is 11.6. The molecule has 0 saturated carbocycles. The molecule has 0 aromatic heterocycles. The van der Waals surface area contributed by atoms with Crippen LogP contribution >= 0.6 is 0 Å². The second kappa shape index (κ2) is 10.1. The fourth-order valence-corrected chi connectivity index (χ4v) is 4.07. The van der Waals surface area contributed by atoms with Crippen LogP contribution in [0, 0.1) is 0 Å². The molecule has 0 atom stereocenters. The normalized spacial score (nSPS) is 12.0. The van der Waals surface area contributed by atoms with E-state index in [1.807, 2.05) is 0 Å². The van der Waals surface area contributed by atoms with Crippen molar-refractivity contribution in [2.24, 2.45) is 0 Å². The van der Waals surface area contributed by atoms with Gasteiger partial charge in [0, 0.05) is 0 Å². The molecular weight excluding hydrogens is 344 g/mol. The van der Waals surface area contributed by atoms with Crippen LogP contribution in [0.5, 0.6) is 0 Å². The Morgan fingerprint density at radius 3 is 2.04 bits per heavy atom. The number of fused-ring (bicyclic) bond motifs is 1. The van der Waals surface area contributed by atoms with Gasteiger partial charge < -0.3 is 0 Å². The quantitative estimate of drug-likeness (QED) is 0.368. The smallest absolute Gasteiger partial charge is 0.282 e. The summed E-state index contributed by atoms with van der Waals surface area (Å²) in [6, 6.07) is 9.22. The summed E-state index contributed by atoms with van der Waals surface area (Å²) in [6.45, 7) is 4.42. The van der Waals surface area contributed by atoms with E-state index < -0.39 is 10.1 Å². The summed E-state index contributed by atoms with van der Waals surface area (Å²) in [5, 5.41) is 2.02. The molecule has 144 valence electrons. The predicted octanol–water partition coefficient (Wildman–Crippen LogP) is 6.33. The highest BCUT2D eigenvalue weighted by molar-refractivity contribution is 7.85. The fraction of sp³-hybridized carbons (Fsp3) is 0.545. The van der Waals surface area contributed by atoms with Crippen LogP contribution < -0.4 is 0 Å². The first-order valence-electron chi connectivity index (χ1n) is 9.99. The van der Waals surface area contributed by atoms with Crippen molar-refractivity contribution in [3.63, 3.8) is 0 Å². The van der Waals surface area contributed by atoms with Crippen molar-refractivity contribution < 1.29 is 13.0 Å². The molecule has 0 unspecified atom stereocenters. The molecular formula is C22H32O3S. The van der Waals surface area contributed by atoms with Crippen LogP contribution in [0.15, 0.2) is 35.2 Å². The average Bonchev–Trinajstić information content (AvgIpc) is 2.62. The molecule has 1 N–H and O–H groups in total. The summed E-state index contributed by atoms with van der Waals surface area (Å²) in [7, 11) is -4.18. The molecule has 4 heteroatoms. The Morgan fingerprint density at radius 1 is 0.808 bits per heavy atom. The lowest BCUT2D eigenvalue weighted by Crippen LogP contribution is -2.01. The van der Waals surface area contributed by atoms with Crippen molar-refractivity contribution in [2.45, 2.75) is 83.0 Å². The minimum absolute atomic E-state index is 0.0112. The molecule has 2 aromatic rings. The van der Waals surface area contributed by atoms with E-state index in [0.717, 1.165) is 30.0 Å². The first-order valence-corrected chi connectivity index (χ1v) is 11.4. The Hall–Kier alpha value is -1.39. The van der Waals surface area contributed by atoms with Gasteiger partial charge in [-0.2, -0.15) is 8.42 Å². The van der Waals surface area contributed by atoms with Crippen LogP contribution in [-0.4, -0.2) is 13.0 Å². The fourth-order valence-electron chi connectivity index (χ4n) is 3.57. The highest BCUT2D eigenvalue weighted by atomic mass is 32.2. The maximum Gasteiger partial charge on any atom is 0.294 e. The van der Waals surface area contributed by atoms with Gasteiger partial charge in [0.1, 0.15) is 0 Å². The zero-order chi connectivity index (χ0) is 19.0. The van der Waals surface area contributed by atoms with Crippen molar-refractivity contribution in [3.05, 3.63) is 41.5 Å². The zero-order valence-corrected chi connectivity index (χ0v) is 16.9. The number of unbranched alkanes of at least 4 members (excludes halogenated alkanes) is 6. The van der Waals surface area contributed by atoms with Gasteiger partial charge in [0.25, 0.3) is 10.1 Å². The van der Waals surface area contributed by atoms with Gasteiger partial charge in [-0.3, -0.25) is 4.55 Å². The number of rotatable bonds is 11. The lowest BCUT2D eigenvalue weighted by atomic mass is 9.92. The minimum Gasteiger partial charge on any atom is -0.282 e. The van der Waals surface area contributed by atoms with E-state index in [0.29, 0.717) is 0 Å². The molecule has 0 aliphatic carbocycles. The van der Waals surface area contributed by atoms with Crippen LogP contribution in [0.1, 0.15) is 76.3 Å². The predicted molar refractivity (Wildman–Crippen MR) is 109 cm³/mol. The summed E-state index contributed by atoms with van der Waals surface area (Å²) < 4.78 is 32.6. The van der Waals surface area contributed by atoms with Crippen LogP contribution in [0.4, 0.5) is 0 Å². The summed E-state index contributed by atoms with van der Waals surface area (Å²) in [5.41, 5.74) is 2.60. The monoisotopic (exact) mass is 376 g/mol. The zero-order valence-electron chi connectivity index (χ0n) is 16.1. The van der Waals surface area contributed by atoms with E-state index in [4.69, 9.17) is 0 Å². The molecule has 26 heavy (non-hydrogen) atoms. The van der Waals surface area contributed by atoms with E-state index in [1.54, 1.807) is 12.1 Å². The van der Waals surface area contributed by atoms with Crippen molar-refractivity contribution in [1.29, 1.82) is 0 Å². The van der Waals surface area contributed by atoms with Crippen LogP contribution in [-0.2, 0) is 23.0 Å². The third-order valence-corrected chi connectivity index (χ3v) is 5.93. The van der Waals surface area contributed by atoms with Gasteiger partial charge in [-0.15, -0.1) is 0 Å². The molecule has 0 fully saturated rings. The second-order valence-electron chi connectivity index (χ2n) is 7.18. The molecule has 0 aliphatic heterocycles. The summed E-state index contributed by atoms with van der Waals surface area (Å²) in [5.74, 6) is 0. The lowest BCUT2D eigenvalue weighted by molar-refractivity contribution is 0.483. The summed E-state index contributed by atoms with van der Waals surface area (Å²) in [6.07, 6.45) is 11.6. The first kappa shape index (κ1) is 20.9. The van der Waals surface area contributed by atoms with Crippen molar-refractivity contribution >= 4 is 20.9 Å². The SMILES string of the molecule is CCCCCCc1ccc2ccc(S(=O)(=O)O)cc2c1CCCCCC. The van der Waals surface area contributed by atoms with E-state index >= 15 is 0 Å². The molecule has 0 radical (unpaired) electrons. The number of benzene rings is 2. The Labute approximate surface area is 158 Å². The molecule has 0 aliphatic rings. The maximum atomic E-state index is 11.6. The highest BCUT2D eigenvalue weighted by Gasteiger charge is 2.13. The van der Waals surface area contributed by atoms with Gasteiger partial charge in [0.2, 0.25) is 0 Å².